The number of benzene rings is 3. The molecule has 0 spiro atoms. The van der Waals surface area contributed by atoms with Crippen LogP contribution in [0.2, 0.25) is 0 Å². The molecule has 7 heteroatoms. The SMILES string of the molecule is Cc1ccc(CSCCCNC(=O)CN(c2cccc(C)c2)S(=O)(=O)c2ccc(C)cc2)cc1. The van der Waals surface area contributed by atoms with E-state index in [0.717, 1.165) is 29.1 Å². The van der Waals surface area contributed by atoms with Crippen molar-refractivity contribution in [1.29, 1.82) is 0 Å². The third-order valence-corrected chi connectivity index (χ3v) is 8.27. The van der Waals surface area contributed by atoms with E-state index in [2.05, 4.69) is 36.5 Å². The van der Waals surface area contributed by atoms with Gasteiger partial charge >= 0.3 is 0 Å². The zero-order valence-corrected chi connectivity index (χ0v) is 21.6. The first kappa shape index (κ1) is 25.8. The zero-order chi connectivity index (χ0) is 24.6. The second-order valence-electron chi connectivity index (χ2n) is 8.41. The van der Waals surface area contributed by atoms with Gasteiger partial charge in [-0.15, -0.1) is 0 Å². The highest BCUT2D eigenvalue weighted by Gasteiger charge is 2.27. The molecule has 0 aliphatic heterocycles. The summed E-state index contributed by atoms with van der Waals surface area (Å²) in [6, 6.07) is 22.4. The number of rotatable bonds is 11. The van der Waals surface area contributed by atoms with E-state index in [1.807, 2.05) is 31.7 Å². The van der Waals surface area contributed by atoms with Gasteiger partial charge in [-0.25, -0.2) is 8.42 Å². The van der Waals surface area contributed by atoms with Gasteiger partial charge in [0, 0.05) is 12.3 Å². The van der Waals surface area contributed by atoms with Crippen LogP contribution in [0, 0.1) is 20.8 Å². The molecule has 0 bridgehead atoms. The highest BCUT2D eigenvalue weighted by Crippen LogP contribution is 2.24. The summed E-state index contributed by atoms with van der Waals surface area (Å²) >= 11 is 1.82. The first-order chi connectivity index (χ1) is 16.3. The molecule has 0 aliphatic carbocycles. The highest BCUT2D eigenvalue weighted by molar-refractivity contribution is 7.98. The smallest absolute Gasteiger partial charge is 0.264 e. The van der Waals surface area contributed by atoms with Crippen LogP contribution in [0.15, 0.2) is 77.7 Å². The first-order valence-corrected chi connectivity index (χ1v) is 13.9. The number of sulfonamides is 1. The maximum atomic E-state index is 13.4. The van der Waals surface area contributed by atoms with Crippen molar-refractivity contribution in [3.63, 3.8) is 0 Å². The van der Waals surface area contributed by atoms with Crippen LogP contribution in [0.3, 0.4) is 0 Å². The van der Waals surface area contributed by atoms with Crippen LogP contribution < -0.4 is 9.62 Å². The van der Waals surface area contributed by atoms with Crippen molar-refractivity contribution >= 4 is 33.4 Å². The third-order valence-electron chi connectivity index (χ3n) is 5.36. The van der Waals surface area contributed by atoms with Crippen molar-refractivity contribution in [3.8, 4) is 0 Å². The van der Waals surface area contributed by atoms with Gasteiger partial charge in [-0.05, 0) is 68.3 Å². The maximum Gasteiger partial charge on any atom is 0.264 e. The van der Waals surface area contributed by atoms with Crippen molar-refractivity contribution in [2.45, 2.75) is 37.8 Å². The summed E-state index contributed by atoms with van der Waals surface area (Å²) in [6.45, 7) is 6.11. The van der Waals surface area contributed by atoms with E-state index in [4.69, 9.17) is 0 Å². The minimum Gasteiger partial charge on any atom is -0.354 e. The summed E-state index contributed by atoms with van der Waals surface area (Å²) in [5.74, 6) is 1.53. The fourth-order valence-corrected chi connectivity index (χ4v) is 5.73. The average molecular weight is 497 g/mol. The van der Waals surface area contributed by atoms with E-state index in [0.29, 0.717) is 12.2 Å². The molecule has 0 aromatic heterocycles. The molecular formula is C27H32N2O3S2. The summed E-state index contributed by atoms with van der Waals surface area (Å²) in [4.78, 5) is 12.9. The Morgan fingerprint density at radius 1 is 0.882 bits per heavy atom. The van der Waals surface area contributed by atoms with Crippen molar-refractivity contribution in [2.75, 3.05) is 23.1 Å². The molecule has 3 aromatic carbocycles. The van der Waals surface area contributed by atoms with E-state index in [1.54, 1.807) is 42.5 Å². The minimum atomic E-state index is -3.89. The number of thioether (sulfide) groups is 1. The molecule has 0 unspecified atom stereocenters. The van der Waals surface area contributed by atoms with Crippen LogP contribution >= 0.6 is 11.8 Å². The molecule has 180 valence electrons. The normalized spacial score (nSPS) is 11.3. The van der Waals surface area contributed by atoms with Gasteiger partial charge in [0.15, 0.2) is 0 Å². The van der Waals surface area contributed by atoms with Gasteiger partial charge in [-0.1, -0.05) is 59.7 Å². The zero-order valence-electron chi connectivity index (χ0n) is 20.0. The summed E-state index contributed by atoms with van der Waals surface area (Å²) in [7, 11) is -3.89. The Kier molecular flexibility index (Phi) is 9.19. The molecule has 3 aromatic rings. The molecule has 34 heavy (non-hydrogen) atoms. The van der Waals surface area contributed by atoms with Crippen LogP contribution in [0.5, 0.6) is 0 Å². The number of anilines is 1. The second kappa shape index (κ2) is 12.1. The number of hydrogen-bond acceptors (Lipinski definition) is 4. The van der Waals surface area contributed by atoms with Crippen LogP contribution in [-0.4, -0.2) is 33.2 Å². The average Bonchev–Trinajstić information content (AvgIpc) is 2.81. The molecule has 3 rings (SSSR count). The van der Waals surface area contributed by atoms with Crippen LogP contribution in [0.25, 0.3) is 0 Å². The lowest BCUT2D eigenvalue weighted by Gasteiger charge is -2.24. The van der Waals surface area contributed by atoms with E-state index in [9.17, 15) is 13.2 Å². The number of carbonyl (C=O) groups excluding carboxylic acids is 1. The molecular weight excluding hydrogens is 464 g/mol. The van der Waals surface area contributed by atoms with E-state index >= 15 is 0 Å². The number of nitrogens with one attached hydrogen (secondary N) is 1. The monoisotopic (exact) mass is 496 g/mol. The van der Waals surface area contributed by atoms with Gasteiger partial charge < -0.3 is 5.32 Å². The molecule has 1 amide bonds. The van der Waals surface area contributed by atoms with Gasteiger partial charge in [-0.3, -0.25) is 9.10 Å². The Hall–Kier alpha value is -2.77. The minimum absolute atomic E-state index is 0.167. The molecule has 0 aliphatic rings. The molecule has 0 saturated heterocycles. The van der Waals surface area contributed by atoms with Gasteiger partial charge in [-0.2, -0.15) is 11.8 Å². The molecule has 5 nitrogen and oxygen atoms in total. The number of aryl methyl sites for hydroxylation is 3. The Morgan fingerprint density at radius 3 is 2.18 bits per heavy atom. The van der Waals surface area contributed by atoms with Crippen molar-refractivity contribution < 1.29 is 13.2 Å². The lowest BCUT2D eigenvalue weighted by molar-refractivity contribution is -0.119. The lowest BCUT2D eigenvalue weighted by Crippen LogP contribution is -2.41. The molecule has 0 radical (unpaired) electrons. The third kappa shape index (κ3) is 7.37. The highest BCUT2D eigenvalue weighted by atomic mass is 32.2. The molecule has 1 N–H and O–H groups in total. The van der Waals surface area contributed by atoms with Crippen molar-refractivity contribution in [2.24, 2.45) is 0 Å². The van der Waals surface area contributed by atoms with E-state index in [-0.39, 0.29) is 17.3 Å². The number of amides is 1. The second-order valence-corrected chi connectivity index (χ2v) is 11.4. The molecule has 0 fully saturated rings. The predicted molar refractivity (Wildman–Crippen MR) is 142 cm³/mol. The van der Waals surface area contributed by atoms with Crippen LogP contribution in [-0.2, 0) is 20.6 Å². The van der Waals surface area contributed by atoms with Gasteiger partial charge in [0.05, 0.1) is 10.6 Å². The standard InChI is InChI=1S/C27H32N2O3S2/c1-21-8-12-24(13-9-21)20-33-17-5-16-28-27(30)19-29(25-7-4-6-23(3)18-25)34(31,32)26-14-10-22(2)11-15-26/h4,6-15,18H,5,16-17,19-20H2,1-3H3,(H,28,30). The topological polar surface area (TPSA) is 66.5 Å². The number of hydrogen-bond donors (Lipinski definition) is 1. The Bertz CT molecular complexity index is 1190. The Labute approximate surface area is 207 Å². The maximum absolute atomic E-state index is 13.4. The Morgan fingerprint density at radius 2 is 1.53 bits per heavy atom. The largest absolute Gasteiger partial charge is 0.354 e. The summed E-state index contributed by atoms with van der Waals surface area (Å²) < 4.78 is 28.0. The quantitative estimate of drug-likeness (QED) is 0.368. The van der Waals surface area contributed by atoms with Crippen LogP contribution in [0.4, 0.5) is 5.69 Å². The number of nitrogens with zero attached hydrogens (tertiary/aromatic N) is 1. The first-order valence-electron chi connectivity index (χ1n) is 11.3. The summed E-state index contributed by atoms with van der Waals surface area (Å²) in [5.41, 5.74) is 4.91. The summed E-state index contributed by atoms with van der Waals surface area (Å²) in [5, 5.41) is 2.88. The van der Waals surface area contributed by atoms with Crippen molar-refractivity contribution in [3.05, 3.63) is 95.1 Å². The molecule has 0 saturated carbocycles. The van der Waals surface area contributed by atoms with Crippen molar-refractivity contribution in [1.82, 2.24) is 5.32 Å². The number of carbonyl (C=O) groups is 1. The van der Waals surface area contributed by atoms with E-state index < -0.39 is 10.0 Å². The predicted octanol–water partition coefficient (Wildman–Crippen LogP) is 5.25. The fourth-order valence-electron chi connectivity index (χ4n) is 3.40. The van der Waals surface area contributed by atoms with Gasteiger partial charge in [0.2, 0.25) is 5.91 Å². The lowest BCUT2D eigenvalue weighted by atomic mass is 10.2. The van der Waals surface area contributed by atoms with Gasteiger partial charge in [0.25, 0.3) is 10.0 Å². The Balaban J connectivity index is 1.58. The fraction of sp³-hybridized carbons (Fsp3) is 0.296. The molecule has 0 atom stereocenters. The van der Waals surface area contributed by atoms with E-state index in [1.165, 1.54) is 15.4 Å². The van der Waals surface area contributed by atoms with Crippen LogP contribution in [0.1, 0.15) is 28.7 Å². The molecule has 0 heterocycles. The van der Waals surface area contributed by atoms with Gasteiger partial charge in [0.1, 0.15) is 6.54 Å². The summed E-state index contributed by atoms with van der Waals surface area (Å²) in [6.07, 6.45) is 0.817.